The van der Waals surface area contributed by atoms with Crippen LogP contribution in [-0.4, -0.2) is 27.5 Å². The Morgan fingerprint density at radius 3 is 2.71 bits per heavy atom. The normalized spacial score (nSPS) is 18.4. The van der Waals surface area contributed by atoms with Crippen LogP contribution in [0.4, 0.5) is 0 Å². The number of nitrogens with one attached hydrogen (secondary N) is 2. The molecular formula is C11H18N2O2S2. The number of hydrogen-bond donors (Lipinski definition) is 2. The van der Waals surface area contributed by atoms with Crippen LogP contribution >= 0.6 is 11.3 Å². The summed E-state index contributed by atoms with van der Waals surface area (Å²) in [6, 6.07) is 3.67. The van der Waals surface area contributed by atoms with Gasteiger partial charge in [0.15, 0.2) is 0 Å². The van der Waals surface area contributed by atoms with Crippen molar-refractivity contribution in [3.8, 4) is 0 Å². The number of aryl methyl sites for hydroxylation is 1. The fourth-order valence-corrected chi connectivity index (χ4v) is 4.53. The quantitative estimate of drug-likeness (QED) is 0.871. The van der Waals surface area contributed by atoms with Gasteiger partial charge in [-0.1, -0.05) is 6.92 Å². The van der Waals surface area contributed by atoms with Gasteiger partial charge < -0.3 is 5.32 Å². The second-order valence-electron chi connectivity index (χ2n) is 4.22. The summed E-state index contributed by atoms with van der Waals surface area (Å²) < 4.78 is 27.4. The Hall–Kier alpha value is -0.430. The summed E-state index contributed by atoms with van der Waals surface area (Å²) >= 11 is 1.36. The first-order valence-electron chi connectivity index (χ1n) is 5.93. The van der Waals surface area contributed by atoms with Gasteiger partial charge in [0.1, 0.15) is 4.21 Å². The van der Waals surface area contributed by atoms with Crippen LogP contribution < -0.4 is 10.0 Å². The van der Waals surface area contributed by atoms with Crippen LogP contribution in [-0.2, 0) is 16.4 Å². The van der Waals surface area contributed by atoms with E-state index in [2.05, 4.69) is 10.0 Å². The molecule has 1 aliphatic rings. The van der Waals surface area contributed by atoms with Crippen LogP contribution in [0, 0.1) is 0 Å². The van der Waals surface area contributed by atoms with Gasteiger partial charge in [0, 0.05) is 10.9 Å². The zero-order valence-corrected chi connectivity index (χ0v) is 11.5. The van der Waals surface area contributed by atoms with Crippen molar-refractivity contribution in [1.29, 1.82) is 0 Å². The minimum atomic E-state index is -3.31. The number of thiophene rings is 1. The molecule has 1 saturated heterocycles. The Bertz CT molecular complexity index is 462. The summed E-state index contributed by atoms with van der Waals surface area (Å²) in [7, 11) is -3.31. The summed E-state index contributed by atoms with van der Waals surface area (Å²) in [5, 5.41) is 3.22. The fourth-order valence-electron chi connectivity index (χ4n) is 1.91. The van der Waals surface area contributed by atoms with Crippen LogP contribution in [0.25, 0.3) is 0 Å². The van der Waals surface area contributed by atoms with Gasteiger partial charge in [-0.15, -0.1) is 11.3 Å². The Morgan fingerprint density at radius 2 is 2.12 bits per heavy atom. The number of piperidine rings is 1. The van der Waals surface area contributed by atoms with E-state index in [-0.39, 0.29) is 6.04 Å². The van der Waals surface area contributed by atoms with Gasteiger partial charge in [0.05, 0.1) is 0 Å². The van der Waals surface area contributed by atoms with Crippen LogP contribution in [0.3, 0.4) is 0 Å². The van der Waals surface area contributed by atoms with E-state index in [9.17, 15) is 8.42 Å². The van der Waals surface area contributed by atoms with Crippen molar-refractivity contribution in [2.45, 2.75) is 36.4 Å². The lowest BCUT2D eigenvalue weighted by Crippen LogP contribution is -2.42. The second kappa shape index (κ2) is 5.48. The third-order valence-electron chi connectivity index (χ3n) is 2.91. The van der Waals surface area contributed by atoms with E-state index in [0.29, 0.717) is 4.21 Å². The van der Waals surface area contributed by atoms with Crippen LogP contribution in [0.15, 0.2) is 16.3 Å². The maximum Gasteiger partial charge on any atom is 0.250 e. The monoisotopic (exact) mass is 274 g/mol. The first kappa shape index (κ1) is 13.0. The lowest BCUT2D eigenvalue weighted by atomic mass is 10.1. The molecule has 4 nitrogen and oxygen atoms in total. The first-order chi connectivity index (χ1) is 8.12. The highest BCUT2D eigenvalue weighted by Crippen LogP contribution is 2.22. The maximum atomic E-state index is 12.1. The molecule has 0 aromatic carbocycles. The Morgan fingerprint density at radius 1 is 1.41 bits per heavy atom. The number of rotatable bonds is 4. The molecule has 1 aliphatic heterocycles. The highest BCUT2D eigenvalue weighted by molar-refractivity contribution is 7.91. The highest BCUT2D eigenvalue weighted by atomic mass is 32.2. The highest BCUT2D eigenvalue weighted by Gasteiger charge is 2.22. The molecule has 0 unspecified atom stereocenters. The smallest absolute Gasteiger partial charge is 0.250 e. The first-order valence-corrected chi connectivity index (χ1v) is 8.23. The van der Waals surface area contributed by atoms with E-state index < -0.39 is 10.0 Å². The molecule has 1 fully saturated rings. The fraction of sp³-hybridized carbons (Fsp3) is 0.636. The zero-order chi connectivity index (χ0) is 12.3. The Labute approximate surface area is 106 Å². The van der Waals surface area contributed by atoms with E-state index in [1.807, 2.05) is 13.0 Å². The summed E-state index contributed by atoms with van der Waals surface area (Å²) in [5.74, 6) is 0. The molecule has 2 rings (SSSR count). The van der Waals surface area contributed by atoms with Crippen LogP contribution in [0.5, 0.6) is 0 Å². The summed E-state index contributed by atoms with van der Waals surface area (Å²) in [6.07, 6.45) is 2.62. The lowest BCUT2D eigenvalue weighted by molar-refractivity contribution is 0.427. The molecule has 96 valence electrons. The lowest BCUT2D eigenvalue weighted by Gasteiger charge is -2.23. The standard InChI is InChI=1S/C11H18N2O2S2/c1-2-10-3-4-11(16-10)17(14,15)13-9-5-7-12-8-6-9/h3-4,9,12-13H,2,5-8H2,1H3. The Kier molecular flexibility index (Phi) is 4.19. The molecule has 0 saturated carbocycles. The molecule has 0 radical (unpaired) electrons. The van der Waals surface area contributed by atoms with Gasteiger partial charge in [0.2, 0.25) is 10.0 Å². The average Bonchev–Trinajstić information content (AvgIpc) is 2.79. The predicted octanol–water partition coefficient (Wildman–Crippen LogP) is 1.34. The van der Waals surface area contributed by atoms with Gasteiger partial charge in [-0.2, -0.15) is 0 Å². The van der Waals surface area contributed by atoms with Crippen LogP contribution in [0.2, 0.25) is 0 Å². The third-order valence-corrected chi connectivity index (χ3v) is 6.15. The summed E-state index contributed by atoms with van der Waals surface area (Å²) in [4.78, 5) is 1.11. The predicted molar refractivity (Wildman–Crippen MR) is 69.9 cm³/mol. The molecule has 0 amide bonds. The van der Waals surface area contributed by atoms with Crippen molar-refractivity contribution in [2.24, 2.45) is 0 Å². The summed E-state index contributed by atoms with van der Waals surface area (Å²) in [6.45, 7) is 3.80. The van der Waals surface area contributed by atoms with Gasteiger partial charge in [0.25, 0.3) is 0 Å². The number of hydrogen-bond acceptors (Lipinski definition) is 4. The molecule has 2 heterocycles. The van der Waals surface area contributed by atoms with E-state index in [4.69, 9.17) is 0 Å². The van der Waals surface area contributed by atoms with Gasteiger partial charge in [-0.25, -0.2) is 13.1 Å². The zero-order valence-electron chi connectivity index (χ0n) is 9.90. The van der Waals surface area contributed by atoms with Crippen LogP contribution in [0.1, 0.15) is 24.6 Å². The minimum Gasteiger partial charge on any atom is -0.317 e. The van der Waals surface area contributed by atoms with Crippen molar-refractivity contribution < 1.29 is 8.42 Å². The topological polar surface area (TPSA) is 58.2 Å². The average molecular weight is 274 g/mol. The second-order valence-corrected chi connectivity index (χ2v) is 7.33. The van der Waals surface area contributed by atoms with Gasteiger partial charge in [-0.3, -0.25) is 0 Å². The molecule has 1 aromatic heterocycles. The maximum absolute atomic E-state index is 12.1. The van der Waals surface area contributed by atoms with Gasteiger partial charge in [-0.05, 0) is 44.5 Å². The van der Waals surface area contributed by atoms with Crippen molar-refractivity contribution in [1.82, 2.24) is 10.0 Å². The van der Waals surface area contributed by atoms with E-state index in [1.165, 1.54) is 11.3 Å². The molecule has 1 aromatic rings. The molecule has 17 heavy (non-hydrogen) atoms. The van der Waals surface area contributed by atoms with Crippen molar-refractivity contribution in [3.63, 3.8) is 0 Å². The number of sulfonamides is 1. The van der Waals surface area contributed by atoms with E-state index in [1.54, 1.807) is 6.07 Å². The molecular weight excluding hydrogens is 256 g/mol. The van der Waals surface area contributed by atoms with Crippen molar-refractivity contribution >= 4 is 21.4 Å². The minimum absolute atomic E-state index is 0.0772. The molecule has 2 N–H and O–H groups in total. The largest absolute Gasteiger partial charge is 0.317 e. The summed E-state index contributed by atoms with van der Waals surface area (Å²) in [5.41, 5.74) is 0. The third kappa shape index (κ3) is 3.28. The van der Waals surface area contributed by atoms with Crippen molar-refractivity contribution in [3.05, 3.63) is 17.0 Å². The van der Waals surface area contributed by atoms with Gasteiger partial charge >= 0.3 is 0 Å². The van der Waals surface area contributed by atoms with E-state index in [0.717, 1.165) is 37.2 Å². The SMILES string of the molecule is CCc1ccc(S(=O)(=O)NC2CCNCC2)s1. The molecule has 0 spiro atoms. The molecule has 0 aliphatic carbocycles. The Balaban J connectivity index is 2.07. The van der Waals surface area contributed by atoms with Crippen molar-refractivity contribution in [2.75, 3.05) is 13.1 Å². The van der Waals surface area contributed by atoms with E-state index >= 15 is 0 Å². The molecule has 6 heteroatoms. The molecule has 0 bridgehead atoms. The molecule has 0 atom stereocenters.